The number of carboxylic acid groups (broad SMARTS) is 1. The zero-order valence-electron chi connectivity index (χ0n) is 7.89. The third-order valence-electron chi connectivity index (χ3n) is 1.01. The summed E-state index contributed by atoms with van der Waals surface area (Å²) in [6.45, 7) is 4.06. The normalized spacial score (nSPS) is 6.92. The first-order chi connectivity index (χ1) is 5.68. The van der Waals surface area contributed by atoms with E-state index < -0.39 is 6.16 Å². The van der Waals surface area contributed by atoms with Gasteiger partial charge < -0.3 is 9.84 Å². The van der Waals surface area contributed by atoms with Crippen molar-refractivity contribution >= 4 is 6.16 Å². The predicted octanol–water partition coefficient (Wildman–Crippen LogP) is 2.51. The summed E-state index contributed by atoms with van der Waals surface area (Å²) < 4.78 is 3.67. The molecule has 0 radical (unpaired) electrons. The molecule has 0 aliphatic carbocycles. The molecule has 0 rings (SSSR count). The van der Waals surface area contributed by atoms with Crippen molar-refractivity contribution in [3.8, 4) is 11.8 Å². The summed E-state index contributed by atoms with van der Waals surface area (Å²) in [5.74, 6) is 5.85. The van der Waals surface area contributed by atoms with Crippen LogP contribution in [0.1, 0.15) is 33.1 Å². The molecule has 0 unspecified atom stereocenters. The fourth-order valence-electron chi connectivity index (χ4n) is 0.390. The van der Waals surface area contributed by atoms with Gasteiger partial charge >= 0.3 is 6.16 Å². The van der Waals surface area contributed by atoms with Gasteiger partial charge in [0.1, 0.15) is 0 Å². The van der Waals surface area contributed by atoms with Crippen molar-refractivity contribution in [1.82, 2.24) is 0 Å². The highest BCUT2D eigenvalue weighted by Crippen LogP contribution is 1.89. The lowest BCUT2D eigenvalue weighted by molar-refractivity contribution is 0.114. The van der Waals surface area contributed by atoms with Crippen molar-refractivity contribution in [3.63, 3.8) is 0 Å². The fraction of sp³-hybridized carbons (Fsp3) is 0.667. The third-order valence-corrected chi connectivity index (χ3v) is 1.01. The van der Waals surface area contributed by atoms with Crippen LogP contribution in [0.25, 0.3) is 0 Å². The molecular weight excluding hydrogens is 156 g/mol. The van der Waals surface area contributed by atoms with Gasteiger partial charge in [-0.05, 0) is 13.3 Å². The highest BCUT2D eigenvalue weighted by atomic mass is 16.6. The van der Waals surface area contributed by atoms with Crippen molar-refractivity contribution in [2.75, 3.05) is 7.11 Å². The summed E-state index contributed by atoms with van der Waals surface area (Å²) in [6, 6.07) is 0. The summed E-state index contributed by atoms with van der Waals surface area (Å²) in [7, 11) is 1.10. The molecule has 0 aliphatic heterocycles. The van der Waals surface area contributed by atoms with Crippen molar-refractivity contribution in [1.29, 1.82) is 0 Å². The van der Waals surface area contributed by atoms with Crippen molar-refractivity contribution in [3.05, 3.63) is 0 Å². The minimum atomic E-state index is -1.25. The van der Waals surface area contributed by atoms with Crippen LogP contribution in [-0.2, 0) is 4.74 Å². The molecule has 0 saturated heterocycles. The van der Waals surface area contributed by atoms with Crippen LogP contribution in [0, 0.1) is 11.8 Å². The number of rotatable bonds is 2. The Kier molecular flexibility index (Phi) is 14.0. The highest BCUT2D eigenvalue weighted by Gasteiger charge is 1.80. The van der Waals surface area contributed by atoms with E-state index in [0.717, 1.165) is 13.5 Å². The molecular formula is C9H16O3. The standard InChI is InChI=1S/C7H12.C2H4O3/c1-3-5-7-6-4-2;1-5-2(3)4/h3,5,7H2,1-2H3;1H3,(H,3,4). The molecule has 0 aliphatic rings. The van der Waals surface area contributed by atoms with Gasteiger partial charge in [0.15, 0.2) is 0 Å². The minimum absolute atomic E-state index is 1.08. The zero-order chi connectivity index (χ0) is 9.82. The molecule has 70 valence electrons. The van der Waals surface area contributed by atoms with E-state index in [-0.39, 0.29) is 0 Å². The Morgan fingerprint density at radius 1 is 1.58 bits per heavy atom. The van der Waals surface area contributed by atoms with E-state index in [1.54, 1.807) is 0 Å². The highest BCUT2D eigenvalue weighted by molar-refractivity contribution is 5.56. The lowest BCUT2D eigenvalue weighted by Gasteiger charge is -1.80. The van der Waals surface area contributed by atoms with Crippen LogP contribution in [-0.4, -0.2) is 18.4 Å². The van der Waals surface area contributed by atoms with Crippen LogP contribution in [0.3, 0.4) is 0 Å². The monoisotopic (exact) mass is 172 g/mol. The van der Waals surface area contributed by atoms with Gasteiger partial charge in [-0.1, -0.05) is 13.3 Å². The first-order valence-corrected chi connectivity index (χ1v) is 3.85. The van der Waals surface area contributed by atoms with Gasteiger partial charge in [-0.2, -0.15) is 0 Å². The summed E-state index contributed by atoms with van der Waals surface area (Å²) in [4.78, 5) is 9.15. The van der Waals surface area contributed by atoms with E-state index in [1.807, 2.05) is 6.92 Å². The van der Waals surface area contributed by atoms with Crippen LogP contribution in [0.4, 0.5) is 4.79 Å². The SMILES string of the molecule is CC#CCCCC.COC(=O)O. The van der Waals surface area contributed by atoms with E-state index in [9.17, 15) is 0 Å². The quantitative estimate of drug-likeness (QED) is 0.395. The predicted molar refractivity (Wildman–Crippen MR) is 48.0 cm³/mol. The molecule has 3 heteroatoms. The Bertz CT molecular complexity index is 153. The topological polar surface area (TPSA) is 46.5 Å². The molecule has 0 fully saturated rings. The van der Waals surface area contributed by atoms with Gasteiger partial charge in [-0.3, -0.25) is 0 Å². The number of hydrogen-bond acceptors (Lipinski definition) is 2. The molecule has 0 bridgehead atoms. The van der Waals surface area contributed by atoms with Crippen LogP contribution in [0.15, 0.2) is 0 Å². The summed E-state index contributed by atoms with van der Waals surface area (Å²) >= 11 is 0. The van der Waals surface area contributed by atoms with Gasteiger partial charge in [-0.15, -0.1) is 11.8 Å². The molecule has 0 aromatic rings. The Morgan fingerprint density at radius 3 is 2.33 bits per heavy atom. The number of carbonyl (C=O) groups is 1. The average Bonchev–Trinajstić information content (AvgIpc) is 2.07. The van der Waals surface area contributed by atoms with Gasteiger partial charge in [0, 0.05) is 6.42 Å². The largest absolute Gasteiger partial charge is 0.505 e. The number of unbranched alkanes of at least 4 members (excludes halogenated alkanes) is 2. The second kappa shape index (κ2) is 12.5. The number of ether oxygens (including phenoxy) is 1. The molecule has 0 aromatic heterocycles. The lowest BCUT2D eigenvalue weighted by Crippen LogP contribution is -1.91. The fourth-order valence-corrected chi connectivity index (χ4v) is 0.390. The van der Waals surface area contributed by atoms with Gasteiger partial charge in [-0.25, -0.2) is 4.79 Å². The molecule has 0 atom stereocenters. The van der Waals surface area contributed by atoms with Crippen LogP contribution >= 0.6 is 0 Å². The summed E-state index contributed by atoms with van der Waals surface area (Å²) in [5.41, 5.74) is 0. The maximum atomic E-state index is 9.15. The Hall–Kier alpha value is -1.17. The van der Waals surface area contributed by atoms with Crippen LogP contribution in [0.5, 0.6) is 0 Å². The Morgan fingerprint density at radius 2 is 2.08 bits per heavy atom. The zero-order valence-corrected chi connectivity index (χ0v) is 7.89. The minimum Gasteiger partial charge on any atom is -0.450 e. The van der Waals surface area contributed by atoms with E-state index in [0.29, 0.717) is 0 Å². The Balaban J connectivity index is 0. The molecule has 0 amide bonds. The maximum Gasteiger partial charge on any atom is 0.505 e. The summed E-state index contributed by atoms with van der Waals surface area (Å²) in [5, 5.41) is 7.50. The smallest absolute Gasteiger partial charge is 0.450 e. The molecule has 3 nitrogen and oxygen atoms in total. The van der Waals surface area contributed by atoms with Gasteiger partial charge in [0.25, 0.3) is 0 Å². The maximum absolute atomic E-state index is 9.15. The van der Waals surface area contributed by atoms with E-state index in [1.165, 1.54) is 12.8 Å². The molecule has 12 heavy (non-hydrogen) atoms. The van der Waals surface area contributed by atoms with E-state index in [4.69, 9.17) is 9.90 Å². The Labute approximate surface area is 73.7 Å². The van der Waals surface area contributed by atoms with Crippen molar-refractivity contribution in [2.45, 2.75) is 33.1 Å². The third kappa shape index (κ3) is 23.2. The average molecular weight is 172 g/mol. The molecule has 1 N–H and O–H groups in total. The van der Waals surface area contributed by atoms with Crippen LogP contribution < -0.4 is 0 Å². The van der Waals surface area contributed by atoms with Gasteiger partial charge in [0.05, 0.1) is 7.11 Å². The van der Waals surface area contributed by atoms with E-state index in [2.05, 4.69) is 23.5 Å². The van der Waals surface area contributed by atoms with Gasteiger partial charge in [0.2, 0.25) is 0 Å². The van der Waals surface area contributed by atoms with Crippen molar-refractivity contribution < 1.29 is 14.6 Å². The first kappa shape index (κ1) is 13.4. The number of methoxy groups -OCH3 is 1. The van der Waals surface area contributed by atoms with E-state index >= 15 is 0 Å². The first-order valence-electron chi connectivity index (χ1n) is 3.85. The molecule has 0 spiro atoms. The second-order valence-corrected chi connectivity index (χ2v) is 2.00. The van der Waals surface area contributed by atoms with Crippen molar-refractivity contribution in [2.24, 2.45) is 0 Å². The number of hydrogen-bond donors (Lipinski definition) is 1. The second-order valence-electron chi connectivity index (χ2n) is 2.00. The molecule has 0 saturated carbocycles. The lowest BCUT2D eigenvalue weighted by atomic mass is 10.3. The van der Waals surface area contributed by atoms with Crippen LogP contribution in [0.2, 0.25) is 0 Å². The summed E-state index contributed by atoms with van der Waals surface area (Å²) in [6.07, 6.45) is 2.34. The molecule has 0 aromatic carbocycles. The molecule has 0 heterocycles.